The second-order valence-corrected chi connectivity index (χ2v) is 6.98. The number of benzene rings is 2. The van der Waals surface area contributed by atoms with E-state index >= 15 is 0 Å². The number of hydrogen-bond acceptors (Lipinski definition) is 5. The molecule has 0 spiro atoms. The first kappa shape index (κ1) is 17.8. The molecule has 5 nitrogen and oxygen atoms in total. The molecular formula is C17H13Cl2N3O2S. The van der Waals surface area contributed by atoms with Crippen LogP contribution in [0.1, 0.15) is 5.56 Å². The Morgan fingerprint density at radius 2 is 1.96 bits per heavy atom. The Bertz CT molecular complexity index is 914. The van der Waals surface area contributed by atoms with E-state index in [0.29, 0.717) is 26.8 Å². The maximum absolute atomic E-state index is 12.1. The Balaban J connectivity index is 1.60. The number of hydrogen-bond donors (Lipinski definition) is 1. The van der Waals surface area contributed by atoms with Crippen LogP contribution in [0.4, 0.5) is 5.69 Å². The number of carbonyl (C=O) groups is 1. The summed E-state index contributed by atoms with van der Waals surface area (Å²) in [6, 6.07) is 12.5. The van der Waals surface area contributed by atoms with E-state index in [2.05, 4.69) is 15.5 Å². The van der Waals surface area contributed by atoms with Gasteiger partial charge in [-0.15, -0.1) is 10.2 Å². The summed E-state index contributed by atoms with van der Waals surface area (Å²) < 4.78 is 5.55. The van der Waals surface area contributed by atoms with E-state index in [1.807, 2.05) is 19.1 Å². The van der Waals surface area contributed by atoms with Crippen molar-refractivity contribution in [3.63, 3.8) is 0 Å². The van der Waals surface area contributed by atoms with E-state index in [1.54, 1.807) is 30.3 Å². The van der Waals surface area contributed by atoms with Gasteiger partial charge in [-0.25, -0.2) is 0 Å². The lowest BCUT2D eigenvalue weighted by atomic mass is 10.2. The van der Waals surface area contributed by atoms with Crippen LogP contribution in [0.3, 0.4) is 0 Å². The van der Waals surface area contributed by atoms with Gasteiger partial charge in [0.15, 0.2) is 0 Å². The van der Waals surface area contributed by atoms with E-state index in [9.17, 15) is 4.79 Å². The van der Waals surface area contributed by atoms with E-state index in [4.69, 9.17) is 27.6 Å². The number of aryl methyl sites for hydroxylation is 1. The minimum absolute atomic E-state index is 0.142. The normalized spacial score (nSPS) is 10.7. The quantitative estimate of drug-likeness (QED) is 0.611. The molecule has 0 aliphatic heterocycles. The SMILES string of the molecule is Cc1ccc(Cl)cc1NC(=O)CSc1nnc(-c2cccc(Cl)c2)o1. The van der Waals surface area contributed by atoms with Gasteiger partial charge in [-0.1, -0.05) is 47.1 Å². The van der Waals surface area contributed by atoms with Crippen molar-refractivity contribution in [2.75, 3.05) is 11.1 Å². The van der Waals surface area contributed by atoms with Gasteiger partial charge in [0.1, 0.15) is 0 Å². The first-order valence-electron chi connectivity index (χ1n) is 7.29. The van der Waals surface area contributed by atoms with Gasteiger partial charge in [-0.3, -0.25) is 4.79 Å². The van der Waals surface area contributed by atoms with Gasteiger partial charge in [-0.05, 0) is 42.8 Å². The number of nitrogens with one attached hydrogen (secondary N) is 1. The molecule has 3 aromatic rings. The molecule has 1 heterocycles. The van der Waals surface area contributed by atoms with Gasteiger partial charge >= 0.3 is 0 Å². The van der Waals surface area contributed by atoms with E-state index in [-0.39, 0.29) is 11.7 Å². The standard InChI is InChI=1S/C17H13Cl2N3O2S/c1-10-5-6-13(19)8-14(10)20-15(23)9-25-17-22-21-16(24-17)11-3-2-4-12(18)7-11/h2-8H,9H2,1H3,(H,20,23). The highest BCUT2D eigenvalue weighted by Crippen LogP contribution is 2.25. The van der Waals surface area contributed by atoms with Crippen LogP contribution < -0.4 is 5.32 Å². The Hall–Kier alpha value is -2.02. The fourth-order valence-electron chi connectivity index (χ4n) is 2.05. The fourth-order valence-corrected chi connectivity index (χ4v) is 2.97. The average Bonchev–Trinajstić information content (AvgIpc) is 3.05. The fraction of sp³-hybridized carbons (Fsp3) is 0.118. The van der Waals surface area contributed by atoms with Crippen molar-refractivity contribution in [1.82, 2.24) is 10.2 Å². The molecule has 3 rings (SSSR count). The lowest BCUT2D eigenvalue weighted by Crippen LogP contribution is -2.14. The van der Waals surface area contributed by atoms with Crippen molar-refractivity contribution in [2.24, 2.45) is 0 Å². The van der Waals surface area contributed by atoms with Gasteiger partial charge in [0.2, 0.25) is 11.8 Å². The molecule has 0 saturated heterocycles. The molecular weight excluding hydrogens is 381 g/mol. The summed E-state index contributed by atoms with van der Waals surface area (Å²) in [5.41, 5.74) is 2.35. The second kappa shape index (κ2) is 7.91. The zero-order valence-electron chi connectivity index (χ0n) is 13.1. The third-order valence-electron chi connectivity index (χ3n) is 3.28. The van der Waals surface area contributed by atoms with Crippen LogP contribution >= 0.6 is 35.0 Å². The molecule has 0 bridgehead atoms. The molecule has 0 atom stereocenters. The molecule has 1 aromatic heterocycles. The molecule has 0 unspecified atom stereocenters. The molecule has 25 heavy (non-hydrogen) atoms. The van der Waals surface area contributed by atoms with Crippen LogP contribution in [0.25, 0.3) is 11.5 Å². The number of thioether (sulfide) groups is 1. The molecule has 1 N–H and O–H groups in total. The molecule has 128 valence electrons. The largest absolute Gasteiger partial charge is 0.411 e. The summed E-state index contributed by atoms with van der Waals surface area (Å²) in [5, 5.41) is 12.2. The van der Waals surface area contributed by atoms with Crippen molar-refractivity contribution >= 4 is 46.6 Å². The van der Waals surface area contributed by atoms with Crippen LogP contribution in [-0.4, -0.2) is 21.9 Å². The van der Waals surface area contributed by atoms with Gasteiger partial charge in [0.05, 0.1) is 5.75 Å². The van der Waals surface area contributed by atoms with E-state index < -0.39 is 0 Å². The van der Waals surface area contributed by atoms with E-state index in [1.165, 1.54) is 0 Å². The zero-order chi connectivity index (χ0) is 17.8. The smallest absolute Gasteiger partial charge is 0.277 e. The van der Waals surface area contributed by atoms with Crippen LogP contribution in [0.5, 0.6) is 0 Å². The number of aromatic nitrogens is 2. The highest BCUT2D eigenvalue weighted by atomic mass is 35.5. The van der Waals surface area contributed by atoms with Crippen LogP contribution in [0.15, 0.2) is 52.1 Å². The Labute approximate surface area is 158 Å². The molecule has 0 saturated carbocycles. The Morgan fingerprint density at radius 3 is 2.76 bits per heavy atom. The predicted molar refractivity (Wildman–Crippen MR) is 100 cm³/mol. The Kier molecular flexibility index (Phi) is 5.63. The topological polar surface area (TPSA) is 68.0 Å². The second-order valence-electron chi connectivity index (χ2n) is 5.18. The number of rotatable bonds is 5. The van der Waals surface area contributed by atoms with Crippen molar-refractivity contribution in [1.29, 1.82) is 0 Å². The first-order chi connectivity index (χ1) is 12.0. The molecule has 0 aliphatic rings. The predicted octanol–water partition coefficient (Wildman–Crippen LogP) is 5.08. The summed E-state index contributed by atoms with van der Waals surface area (Å²) in [7, 11) is 0. The summed E-state index contributed by atoms with van der Waals surface area (Å²) in [5.74, 6) is 0.317. The maximum Gasteiger partial charge on any atom is 0.277 e. The van der Waals surface area contributed by atoms with Gasteiger partial charge < -0.3 is 9.73 Å². The Morgan fingerprint density at radius 1 is 1.16 bits per heavy atom. The lowest BCUT2D eigenvalue weighted by molar-refractivity contribution is -0.113. The van der Waals surface area contributed by atoms with Gasteiger partial charge in [-0.2, -0.15) is 0 Å². The van der Waals surface area contributed by atoms with Gasteiger partial charge in [0.25, 0.3) is 5.22 Å². The maximum atomic E-state index is 12.1. The summed E-state index contributed by atoms with van der Waals surface area (Å²) in [6.45, 7) is 1.90. The van der Waals surface area contributed by atoms with Crippen molar-refractivity contribution in [3.8, 4) is 11.5 Å². The summed E-state index contributed by atoms with van der Waals surface area (Å²) in [4.78, 5) is 12.1. The van der Waals surface area contributed by atoms with E-state index in [0.717, 1.165) is 22.9 Å². The molecule has 8 heteroatoms. The summed E-state index contributed by atoms with van der Waals surface area (Å²) >= 11 is 13.1. The van der Waals surface area contributed by atoms with Gasteiger partial charge in [0, 0.05) is 21.3 Å². The minimum atomic E-state index is -0.183. The molecule has 1 amide bonds. The number of anilines is 1. The summed E-state index contributed by atoms with van der Waals surface area (Å²) in [6.07, 6.45) is 0. The van der Waals surface area contributed by atoms with Crippen LogP contribution in [-0.2, 0) is 4.79 Å². The minimum Gasteiger partial charge on any atom is -0.411 e. The highest BCUT2D eigenvalue weighted by Gasteiger charge is 2.12. The number of nitrogens with zero attached hydrogens (tertiary/aromatic N) is 2. The number of halogens is 2. The molecule has 0 radical (unpaired) electrons. The van der Waals surface area contributed by atoms with Crippen molar-refractivity contribution in [3.05, 3.63) is 58.1 Å². The van der Waals surface area contributed by atoms with Crippen LogP contribution in [0.2, 0.25) is 10.0 Å². The molecule has 0 fully saturated rings. The zero-order valence-corrected chi connectivity index (χ0v) is 15.5. The van der Waals surface area contributed by atoms with Crippen molar-refractivity contribution < 1.29 is 9.21 Å². The molecule has 2 aromatic carbocycles. The van der Waals surface area contributed by atoms with Crippen molar-refractivity contribution in [2.45, 2.75) is 12.1 Å². The first-order valence-corrected chi connectivity index (χ1v) is 9.03. The number of amides is 1. The number of carbonyl (C=O) groups excluding carboxylic acids is 1. The third kappa shape index (κ3) is 4.75. The lowest BCUT2D eigenvalue weighted by Gasteiger charge is -2.07. The highest BCUT2D eigenvalue weighted by molar-refractivity contribution is 7.99. The third-order valence-corrected chi connectivity index (χ3v) is 4.57. The van der Waals surface area contributed by atoms with Crippen LogP contribution in [0, 0.1) is 6.92 Å². The monoisotopic (exact) mass is 393 g/mol. The average molecular weight is 394 g/mol. The molecule has 0 aliphatic carbocycles.